The number of terminal acetylenes is 1. The van der Waals surface area contributed by atoms with Gasteiger partial charge in [-0.15, -0.1) is 12.3 Å². The normalized spacial score (nSPS) is 10.9. The second-order valence-corrected chi connectivity index (χ2v) is 2.73. The largest absolute Gasteiger partial charge is 0.481 e. The van der Waals surface area contributed by atoms with Crippen LogP contribution in [0.15, 0.2) is 12.7 Å². The van der Waals surface area contributed by atoms with Gasteiger partial charge in [-0.3, -0.25) is 4.79 Å². The van der Waals surface area contributed by atoms with Gasteiger partial charge in [-0.05, 0) is 0 Å². The Bertz CT molecular complexity index is 280. The van der Waals surface area contributed by atoms with Crippen LogP contribution in [0.4, 0.5) is 4.79 Å². The SMILES string of the molecule is C#CCC(CC(=O)O)NC(=O)OCC=C. The van der Waals surface area contributed by atoms with E-state index in [0.717, 1.165) is 0 Å². The first-order chi connectivity index (χ1) is 7.10. The second kappa shape index (κ2) is 7.44. The molecule has 1 amide bonds. The molecule has 0 heterocycles. The number of amides is 1. The van der Waals surface area contributed by atoms with E-state index in [2.05, 4.69) is 22.6 Å². The topological polar surface area (TPSA) is 75.6 Å². The highest BCUT2D eigenvalue weighted by atomic mass is 16.5. The maximum absolute atomic E-state index is 11.0. The summed E-state index contributed by atoms with van der Waals surface area (Å²) in [6, 6.07) is -0.607. The smallest absolute Gasteiger partial charge is 0.407 e. The van der Waals surface area contributed by atoms with Crippen LogP contribution in [0.5, 0.6) is 0 Å². The first-order valence-electron chi connectivity index (χ1n) is 4.29. The molecule has 0 radical (unpaired) electrons. The maximum atomic E-state index is 11.0. The molecule has 0 saturated carbocycles. The quantitative estimate of drug-likeness (QED) is 0.502. The summed E-state index contributed by atoms with van der Waals surface area (Å²) in [5.41, 5.74) is 0. The average molecular weight is 211 g/mol. The van der Waals surface area contributed by atoms with E-state index in [9.17, 15) is 9.59 Å². The molecule has 0 fully saturated rings. The second-order valence-electron chi connectivity index (χ2n) is 2.73. The Hall–Kier alpha value is -1.96. The molecule has 0 aliphatic carbocycles. The summed E-state index contributed by atoms with van der Waals surface area (Å²) in [4.78, 5) is 21.4. The van der Waals surface area contributed by atoms with Gasteiger partial charge in [-0.1, -0.05) is 12.7 Å². The summed E-state index contributed by atoms with van der Waals surface area (Å²) in [7, 11) is 0. The summed E-state index contributed by atoms with van der Waals surface area (Å²) in [6.45, 7) is 3.44. The lowest BCUT2D eigenvalue weighted by atomic mass is 10.1. The maximum Gasteiger partial charge on any atom is 0.407 e. The predicted octanol–water partition coefficient (Wildman–Crippen LogP) is 0.765. The molecular weight excluding hydrogens is 198 g/mol. The Morgan fingerprint density at radius 3 is 2.80 bits per heavy atom. The Morgan fingerprint density at radius 1 is 1.67 bits per heavy atom. The fourth-order valence-electron chi connectivity index (χ4n) is 0.870. The number of hydrogen-bond acceptors (Lipinski definition) is 3. The number of carbonyl (C=O) groups is 2. The fraction of sp³-hybridized carbons (Fsp3) is 0.400. The molecule has 0 aromatic heterocycles. The predicted molar refractivity (Wildman–Crippen MR) is 54.2 cm³/mol. The van der Waals surface area contributed by atoms with Crippen LogP contribution in [0.2, 0.25) is 0 Å². The van der Waals surface area contributed by atoms with E-state index in [1.54, 1.807) is 0 Å². The molecule has 0 aliphatic heterocycles. The third-order valence-electron chi connectivity index (χ3n) is 1.44. The zero-order valence-electron chi connectivity index (χ0n) is 8.23. The Balaban J connectivity index is 4.04. The molecule has 0 aromatic rings. The van der Waals surface area contributed by atoms with Crippen LogP contribution in [-0.2, 0) is 9.53 Å². The van der Waals surface area contributed by atoms with Crippen molar-refractivity contribution in [3.05, 3.63) is 12.7 Å². The number of aliphatic carboxylic acids is 1. The summed E-state index contributed by atoms with van der Waals surface area (Å²) in [6.07, 6.45) is 5.66. The first kappa shape index (κ1) is 13.0. The van der Waals surface area contributed by atoms with Crippen LogP contribution >= 0.6 is 0 Å². The minimum atomic E-state index is -1.03. The van der Waals surface area contributed by atoms with Crippen molar-refractivity contribution in [2.24, 2.45) is 0 Å². The molecule has 0 saturated heterocycles. The van der Waals surface area contributed by atoms with Gasteiger partial charge in [0, 0.05) is 6.42 Å². The van der Waals surface area contributed by atoms with Gasteiger partial charge in [0.25, 0.3) is 0 Å². The van der Waals surface area contributed by atoms with Crippen LogP contribution in [0.1, 0.15) is 12.8 Å². The van der Waals surface area contributed by atoms with Crippen LogP contribution in [0.3, 0.4) is 0 Å². The third-order valence-corrected chi connectivity index (χ3v) is 1.44. The van der Waals surface area contributed by atoms with E-state index in [4.69, 9.17) is 11.5 Å². The minimum Gasteiger partial charge on any atom is -0.481 e. The van der Waals surface area contributed by atoms with Gasteiger partial charge in [-0.25, -0.2) is 4.79 Å². The molecular formula is C10H13NO4. The number of carbonyl (C=O) groups excluding carboxylic acids is 1. The number of alkyl carbamates (subject to hydrolysis) is 1. The van der Waals surface area contributed by atoms with Gasteiger partial charge in [0.1, 0.15) is 6.61 Å². The lowest BCUT2D eigenvalue weighted by Crippen LogP contribution is -2.36. The van der Waals surface area contributed by atoms with Gasteiger partial charge < -0.3 is 15.2 Å². The summed E-state index contributed by atoms with van der Waals surface area (Å²) in [5, 5.41) is 10.9. The monoisotopic (exact) mass is 211 g/mol. The molecule has 0 aromatic carbocycles. The molecule has 15 heavy (non-hydrogen) atoms. The number of nitrogens with one attached hydrogen (secondary N) is 1. The number of carboxylic acid groups (broad SMARTS) is 1. The zero-order chi connectivity index (χ0) is 11.7. The summed E-state index contributed by atoms with van der Waals surface area (Å²) in [5.74, 6) is 1.25. The van der Waals surface area contributed by atoms with E-state index in [0.29, 0.717) is 0 Å². The number of rotatable bonds is 6. The number of hydrogen-bond donors (Lipinski definition) is 2. The van der Waals surface area contributed by atoms with Crippen molar-refractivity contribution < 1.29 is 19.4 Å². The van der Waals surface area contributed by atoms with Gasteiger partial charge in [0.15, 0.2) is 0 Å². The molecule has 5 nitrogen and oxygen atoms in total. The zero-order valence-corrected chi connectivity index (χ0v) is 8.23. The van der Waals surface area contributed by atoms with Crippen LogP contribution in [0.25, 0.3) is 0 Å². The lowest BCUT2D eigenvalue weighted by Gasteiger charge is -2.13. The van der Waals surface area contributed by atoms with Gasteiger partial charge in [0.05, 0.1) is 12.5 Å². The third kappa shape index (κ3) is 7.14. The van der Waals surface area contributed by atoms with Crippen molar-refractivity contribution in [3.8, 4) is 12.3 Å². The van der Waals surface area contributed by atoms with E-state index >= 15 is 0 Å². The Morgan fingerprint density at radius 2 is 2.33 bits per heavy atom. The van der Waals surface area contributed by atoms with E-state index in [-0.39, 0.29) is 19.4 Å². The Kier molecular flexibility index (Phi) is 6.47. The van der Waals surface area contributed by atoms with E-state index < -0.39 is 18.1 Å². The van der Waals surface area contributed by atoms with Gasteiger partial charge in [0.2, 0.25) is 0 Å². The van der Waals surface area contributed by atoms with Crippen molar-refractivity contribution in [1.82, 2.24) is 5.32 Å². The molecule has 0 bridgehead atoms. The van der Waals surface area contributed by atoms with Crippen molar-refractivity contribution in [3.63, 3.8) is 0 Å². The average Bonchev–Trinajstić information content (AvgIpc) is 2.14. The molecule has 0 spiro atoms. The summed E-state index contributed by atoms with van der Waals surface area (Å²) < 4.78 is 4.62. The van der Waals surface area contributed by atoms with Gasteiger partial charge >= 0.3 is 12.1 Å². The van der Waals surface area contributed by atoms with Gasteiger partial charge in [-0.2, -0.15) is 0 Å². The van der Waals surface area contributed by atoms with Crippen molar-refractivity contribution >= 4 is 12.1 Å². The minimum absolute atomic E-state index is 0.0711. The molecule has 0 aliphatic rings. The number of ether oxygens (including phenoxy) is 1. The van der Waals surface area contributed by atoms with E-state index in [1.165, 1.54) is 6.08 Å². The van der Waals surface area contributed by atoms with Crippen molar-refractivity contribution in [1.29, 1.82) is 0 Å². The molecule has 5 heteroatoms. The highest BCUT2D eigenvalue weighted by molar-refractivity contribution is 5.71. The molecule has 82 valence electrons. The highest BCUT2D eigenvalue weighted by Gasteiger charge is 2.15. The molecule has 2 N–H and O–H groups in total. The fourth-order valence-corrected chi connectivity index (χ4v) is 0.870. The van der Waals surface area contributed by atoms with Crippen LogP contribution in [0, 0.1) is 12.3 Å². The van der Waals surface area contributed by atoms with E-state index in [1.807, 2.05) is 0 Å². The summed E-state index contributed by atoms with van der Waals surface area (Å²) >= 11 is 0. The lowest BCUT2D eigenvalue weighted by molar-refractivity contribution is -0.137. The van der Waals surface area contributed by atoms with Crippen LogP contribution < -0.4 is 5.32 Å². The van der Waals surface area contributed by atoms with Crippen LogP contribution in [-0.4, -0.2) is 29.8 Å². The van der Waals surface area contributed by atoms with Crippen molar-refractivity contribution in [2.45, 2.75) is 18.9 Å². The Labute approximate surface area is 88.1 Å². The first-order valence-corrected chi connectivity index (χ1v) is 4.29. The molecule has 1 unspecified atom stereocenters. The highest BCUT2D eigenvalue weighted by Crippen LogP contribution is 1.98. The number of carboxylic acids is 1. The molecule has 1 atom stereocenters. The standard InChI is InChI=1S/C10H13NO4/c1-3-5-8(7-9(12)13)11-10(14)15-6-4-2/h1,4,8H,2,5-7H2,(H,11,14)(H,12,13). The van der Waals surface area contributed by atoms with Crippen molar-refractivity contribution in [2.75, 3.05) is 6.61 Å². The molecule has 0 rings (SSSR count).